The summed E-state index contributed by atoms with van der Waals surface area (Å²) in [5.74, 6) is -0.487. The topological polar surface area (TPSA) is 128 Å². The summed E-state index contributed by atoms with van der Waals surface area (Å²) in [6.07, 6.45) is -12.9. The van der Waals surface area contributed by atoms with Gasteiger partial charge in [-0.2, -0.15) is 13.2 Å². The van der Waals surface area contributed by atoms with Crippen molar-refractivity contribution in [1.82, 2.24) is 10.2 Å². The Morgan fingerprint density at radius 1 is 1.14 bits per heavy atom. The molecule has 0 bridgehead atoms. The van der Waals surface area contributed by atoms with Crippen molar-refractivity contribution in [3.63, 3.8) is 0 Å². The predicted molar refractivity (Wildman–Crippen MR) is 92.0 cm³/mol. The van der Waals surface area contributed by atoms with Crippen molar-refractivity contribution in [3.8, 4) is 5.88 Å². The highest BCUT2D eigenvalue weighted by Gasteiger charge is 2.46. The second kappa shape index (κ2) is 8.28. The first kappa shape index (κ1) is 21.5. The summed E-state index contributed by atoms with van der Waals surface area (Å²) in [5, 5.41) is 44.6. The number of aromatic nitrogens is 2. The molecule has 0 saturated carbocycles. The molecule has 29 heavy (non-hydrogen) atoms. The molecule has 0 spiro atoms. The van der Waals surface area contributed by atoms with Crippen molar-refractivity contribution >= 4 is 0 Å². The Morgan fingerprint density at radius 2 is 1.79 bits per heavy atom. The van der Waals surface area contributed by atoms with E-state index in [2.05, 4.69) is 5.10 Å². The number of aromatic amines is 1. The average molecular weight is 418 g/mol. The number of alkyl halides is 3. The maximum absolute atomic E-state index is 13.4. The molecule has 1 aliphatic heterocycles. The standard InChI is InChI=1S/C18H21F3N2O6/c1-8-2-4-9(5-3-8)6-10-15(18(19,20)21)22-23-16(10)29-14-13(26)12(25)11(7-24)28-17(14)27/h2-5,11-14,17,24-27H,6-7H2,1H3,(H,22,23)/t11-,12-,13+,14-,17-/m1/s1. The lowest BCUT2D eigenvalue weighted by Crippen LogP contribution is -2.60. The molecule has 2 heterocycles. The van der Waals surface area contributed by atoms with E-state index in [4.69, 9.17) is 14.6 Å². The first-order valence-electron chi connectivity index (χ1n) is 8.79. The summed E-state index contributed by atoms with van der Waals surface area (Å²) in [6.45, 7) is 1.16. The molecule has 1 saturated heterocycles. The van der Waals surface area contributed by atoms with Crippen LogP contribution < -0.4 is 4.74 Å². The van der Waals surface area contributed by atoms with Gasteiger partial charge >= 0.3 is 6.18 Å². The number of H-pyrrole nitrogens is 1. The zero-order chi connectivity index (χ0) is 21.3. The van der Waals surface area contributed by atoms with Crippen LogP contribution in [0.3, 0.4) is 0 Å². The molecule has 0 radical (unpaired) electrons. The van der Waals surface area contributed by atoms with Crippen LogP contribution in [0.1, 0.15) is 22.4 Å². The molecule has 5 N–H and O–H groups in total. The van der Waals surface area contributed by atoms with Gasteiger partial charge in [-0.25, -0.2) is 0 Å². The van der Waals surface area contributed by atoms with Crippen molar-refractivity contribution < 1.29 is 43.1 Å². The molecule has 1 aromatic carbocycles. The van der Waals surface area contributed by atoms with Crippen LogP contribution in [0.5, 0.6) is 5.88 Å². The third-order valence-corrected chi connectivity index (χ3v) is 4.70. The van der Waals surface area contributed by atoms with Crippen LogP contribution >= 0.6 is 0 Å². The second-order valence-electron chi connectivity index (χ2n) is 6.85. The Bertz CT molecular complexity index is 826. The number of hydrogen-bond acceptors (Lipinski definition) is 7. The molecule has 0 amide bonds. The summed E-state index contributed by atoms with van der Waals surface area (Å²) < 4.78 is 50.5. The summed E-state index contributed by atoms with van der Waals surface area (Å²) in [4.78, 5) is 0. The normalized spacial score (nSPS) is 27.8. The van der Waals surface area contributed by atoms with Crippen molar-refractivity contribution in [1.29, 1.82) is 0 Å². The minimum absolute atomic E-state index is 0.178. The van der Waals surface area contributed by atoms with Gasteiger partial charge in [0.05, 0.1) is 12.2 Å². The van der Waals surface area contributed by atoms with Gasteiger partial charge in [-0.1, -0.05) is 29.8 Å². The fourth-order valence-corrected chi connectivity index (χ4v) is 3.08. The van der Waals surface area contributed by atoms with E-state index in [1.165, 1.54) is 0 Å². The third-order valence-electron chi connectivity index (χ3n) is 4.70. The van der Waals surface area contributed by atoms with Crippen LogP contribution in [-0.4, -0.2) is 67.9 Å². The SMILES string of the molecule is Cc1ccc(Cc2c(O[C@@H]3[C@@H](O)[C@H](O)[C@@H](CO)O[C@H]3O)n[nH]c2C(F)(F)F)cc1. The maximum Gasteiger partial charge on any atom is 0.433 e. The minimum atomic E-state index is -4.74. The van der Waals surface area contributed by atoms with Gasteiger partial charge in [-0.15, -0.1) is 5.10 Å². The zero-order valence-electron chi connectivity index (χ0n) is 15.3. The Hall–Kier alpha value is -2.18. The summed E-state index contributed by atoms with van der Waals surface area (Å²) >= 11 is 0. The Balaban J connectivity index is 1.91. The summed E-state index contributed by atoms with van der Waals surface area (Å²) in [7, 11) is 0. The van der Waals surface area contributed by atoms with Gasteiger partial charge in [-0.3, -0.25) is 5.10 Å². The lowest BCUT2D eigenvalue weighted by molar-refractivity contribution is -0.281. The number of hydrogen-bond donors (Lipinski definition) is 5. The van der Waals surface area contributed by atoms with Gasteiger partial charge in [-0.05, 0) is 12.5 Å². The van der Waals surface area contributed by atoms with Crippen LogP contribution in [-0.2, 0) is 17.3 Å². The van der Waals surface area contributed by atoms with E-state index in [0.29, 0.717) is 5.56 Å². The number of rotatable bonds is 5. The van der Waals surface area contributed by atoms with E-state index in [-0.39, 0.29) is 12.0 Å². The van der Waals surface area contributed by atoms with Crippen LogP contribution in [0.2, 0.25) is 0 Å². The monoisotopic (exact) mass is 418 g/mol. The van der Waals surface area contributed by atoms with E-state index < -0.39 is 55.1 Å². The first-order valence-corrected chi connectivity index (χ1v) is 8.79. The number of ether oxygens (including phenoxy) is 2. The molecule has 160 valence electrons. The maximum atomic E-state index is 13.4. The quantitative estimate of drug-likeness (QED) is 0.479. The number of benzene rings is 1. The van der Waals surface area contributed by atoms with Crippen molar-refractivity contribution in [2.75, 3.05) is 6.61 Å². The number of aliphatic hydroxyl groups excluding tert-OH is 4. The lowest BCUT2D eigenvalue weighted by Gasteiger charge is -2.39. The number of nitrogens with one attached hydrogen (secondary N) is 1. The Kier molecular flexibility index (Phi) is 6.15. The van der Waals surface area contributed by atoms with E-state index in [1.54, 1.807) is 24.3 Å². The summed E-state index contributed by atoms with van der Waals surface area (Å²) in [5.41, 5.74) is 0.0577. The fourth-order valence-electron chi connectivity index (χ4n) is 3.08. The van der Waals surface area contributed by atoms with E-state index in [9.17, 15) is 28.5 Å². The molecular formula is C18H21F3N2O6. The number of aliphatic hydroxyl groups is 4. The van der Waals surface area contributed by atoms with Gasteiger partial charge in [0.1, 0.15) is 24.0 Å². The molecule has 0 aliphatic carbocycles. The Morgan fingerprint density at radius 3 is 2.38 bits per heavy atom. The number of halogens is 3. The molecule has 2 aromatic rings. The van der Waals surface area contributed by atoms with E-state index in [1.807, 2.05) is 12.0 Å². The van der Waals surface area contributed by atoms with E-state index >= 15 is 0 Å². The van der Waals surface area contributed by atoms with Gasteiger partial charge in [0.25, 0.3) is 0 Å². The second-order valence-corrected chi connectivity index (χ2v) is 6.85. The molecule has 1 aliphatic rings. The molecule has 3 rings (SSSR count). The molecule has 11 heteroatoms. The average Bonchev–Trinajstić information content (AvgIpc) is 3.06. The highest BCUT2D eigenvalue weighted by Crippen LogP contribution is 2.36. The summed E-state index contributed by atoms with van der Waals surface area (Å²) in [6, 6.07) is 6.82. The number of nitrogens with zero attached hydrogens (tertiary/aromatic N) is 1. The van der Waals surface area contributed by atoms with Gasteiger partial charge in [0.2, 0.25) is 5.88 Å². The predicted octanol–water partition coefficient (Wildman–Crippen LogP) is 0.506. The highest BCUT2D eigenvalue weighted by molar-refractivity contribution is 5.38. The highest BCUT2D eigenvalue weighted by atomic mass is 19.4. The molecular weight excluding hydrogens is 397 g/mol. The third kappa shape index (κ3) is 4.54. The molecule has 5 atom stereocenters. The zero-order valence-corrected chi connectivity index (χ0v) is 15.3. The van der Waals surface area contributed by atoms with Gasteiger partial charge < -0.3 is 29.9 Å². The Labute approximate surface area is 163 Å². The largest absolute Gasteiger partial charge is 0.465 e. The minimum Gasteiger partial charge on any atom is -0.465 e. The van der Waals surface area contributed by atoms with Crippen molar-refractivity contribution in [3.05, 3.63) is 46.6 Å². The van der Waals surface area contributed by atoms with Crippen LogP contribution in [0, 0.1) is 6.92 Å². The number of aryl methyl sites for hydroxylation is 1. The van der Waals surface area contributed by atoms with Gasteiger partial charge in [0.15, 0.2) is 12.4 Å². The lowest BCUT2D eigenvalue weighted by atomic mass is 9.99. The molecule has 0 unspecified atom stereocenters. The van der Waals surface area contributed by atoms with Crippen molar-refractivity contribution in [2.24, 2.45) is 0 Å². The smallest absolute Gasteiger partial charge is 0.433 e. The molecule has 1 aromatic heterocycles. The molecule has 8 nitrogen and oxygen atoms in total. The van der Waals surface area contributed by atoms with E-state index in [0.717, 1.165) is 5.56 Å². The van der Waals surface area contributed by atoms with Crippen LogP contribution in [0.15, 0.2) is 24.3 Å². The van der Waals surface area contributed by atoms with Gasteiger partial charge in [0, 0.05) is 6.42 Å². The first-order chi connectivity index (χ1) is 13.6. The van der Waals surface area contributed by atoms with Crippen LogP contribution in [0.4, 0.5) is 13.2 Å². The van der Waals surface area contributed by atoms with Crippen LogP contribution in [0.25, 0.3) is 0 Å². The molecule has 1 fully saturated rings. The van der Waals surface area contributed by atoms with Crippen molar-refractivity contribution in [2.45, 2.75) is 50.2 Å². The fraction of sp³-hybridized carbons (Fsp3) is 0.500.